The van der Waals surface area contributed by atoms with E-state index in [-0.39, 0.29) is 0 Å². The van der Waals surface area contributed by atoms with Crippen molar-refractivity contribution in [2.75, 3.05) is 6.26 Å². The molecule has 3 rings (SSSR count). The molecule has 0 aromatic carbocycles. The quantitative estimate of drug-likeness (QED) is 0.580. The van der Waals surface area contributed by atoms with Crippen molar-refractivity contribution in [3.63, 3.8) is 0 Å². The fourth-order valence-electron chi connectivity index (χ4n) is 2.64. The van der Waals surface area contributed by atoms with E-state index >= 15 is 0 Å². The molecule has 0 unspecified atom stereocenters. The van der Waals surface area contributed by atoms with Crippen LogP contribution in [0.4, 0.5) is 0 Å². The molecule has 0 nitrogen and oxygen atoms in total. The van der Waals surface area contributed by atoms with Crippen molar-refractivity contribution in [2.45, 2.75) is 50.2 Å². The Bertz CT molecular complexity index is 138. The maximum atomic E-state index is 2.48. The Balaban J connectivity index is 2.12. The minimum absolute atomic E-state index is 0.720. The SMILES string of the molecule is CSC12CCC(C)(CC1)CC2. The molecule has 0 N–H and O–H groups in total. The molecule has 0 aliphatic heterocycles. The first kappa shape index (κ1) is 7.97. The normalized spacial score (nSPS) is 49.6. The van der Waals surface area contributed by atoms with Crippen molar-refractivity contribution in [2.24, 2.45) is 5.41 Å². The van der Waals surface area contributed by atoms with Crippen molar-refractivity contribution in [1.29, 1.82) is 0 Å². The number of hydrogen-bond acceptors (Lipinski definition) is 1. The number of thioether (sulfide) groups is 1. The minimum Gasteiger partial charge on any atom is -0.159 e. The number of hydrogen-bond donors (Lipinski definition) is 0. The first-order valence-electron chi connectivity index (χ1n) is 4.73. The predicted molar refractivity (Wildman–Crippen MR) is 52.1 cm³/mol. The second kappa shape index (κ2) is 2.42. The van der Waals surface area contributed by atoms with Gasteiger partial charge in [-0.25, -0.2) is 0 Å². The van der Waals surface area contributed by atoms with E-state index in [1.54, 1.807) is 0 Å². The molecule has 0 spiro atoms. The van der Waals surface area contributed by atoms with Crippen LogP contribution in [0.3, 0.4) is 0 Å². The van der Waals surface area contributed by atoms with Crippen LogP contribution in [0, 0.1) is 5.41 Å². The molecular formula is C10H18S. The molecule has 0 atom stereocenters. The van der Waals surface area contributed by atoms with Crippen molar-refractivity contribution in [3.8, 4) is 0 Å². The summed E-state index contributed by atoms with van der Waals surface area (Å²) < 4.78 is 0.720. The number of rotatable bonds is 1. The summed E-state index contributed by atoms with van der Waals surface area (Å²) >= 11 is 2.13. The van der Waals surface area contributed by atoms with Gasteiger partial charge in [-0.05, 0) is 50.2 Å². The molecule has 3 fully saturated rings. The van der Waals surface area contributed by atoms with Gasteiger partial charge >= 0.3 is 0 Å². The van der Waals surface area contributed by atoms with Crippen molar-refractivity contribution in [1.82, 2.24) is 0 Å². The Morgan fingerprint density at radius 1 is 0.909 bits per heavy atom. The summed E-state index contributed by atoms with van der Waals surface area (Å²) in [6.45, 7) is 2.48. The van der Waals surface area contributed by atoms with E-state index in [1.165, 1.54) is 38.5 Å². The first-order valence-corrected chi connectivity index (χ1v) is 5.96. The Morgan fingerprint density at radius 2 is 1.36 bits per heavy atom. The van der Waals surface area contributed by atoms with E-state index in [0.717, 1.165) is 10.2 Å². The third kappa shape index (κ3) is 1.22. The van der Waals surface area contributed by atoms with Crippen LogP contribution in [-0.2, 0) is 0 Å². The fourth-order valence-corrected chi connectivity index (χ4v) is 3.56. The van der Waals surface area contributed by atoms with Crippen LogP contribution in [0.1, 0.15) is 45.4 Å². The molecule has 0 aromatic heterocycles. The zero-order valence-corrected chi connectivity index (χ0v) is 8.47. The van der Waals surface area contributed by atoms with Crippen molar-refractivity contribution in [3.05, 3.63) is 0 Å². The summed E-state index contributed by atoms with van der Waals surface area (Å²) in [6, 6.07) is 0. The van der Waals surface area contributed by atoms with Crippen LogP contribution in [-0.4, -0.2) is 11.0 Å². The lowest BCUT2D eigenvalue weighted by atomic mass is 9.61. The highest BCUT2D eigenvalue weighted by Crippen LogP contribution is 2.56. The summed E-state index contributed by atoms with van der Waals surface area (Å²) in [7, 11) is 0. The highest BCUT2D eigenvalue weighted by molar-refractivity contribution is 8.00. The van der Waals surface area contributed by atoms with Crippen LogP contribution < -0.4 is 0 Å². The lowest BCUT2D eigenvalue weighted by Crippen LogP contribution is -2.42. The molecule has 3 aliphatic carbocycles. The first-order chi connectivity index (χ1) is 5.18. The maximum absolute atomic E-state index is 2.48. The maximum Gasteiger partial charge on any atom is 0.0158 e. The Kier molecular flexibility index (Phi) is 1.75. The molecule has 64 valence electrons. The van der Waals surface area contributed by atoms with E-state index in [4.69, 9.17) is 0 Å². The third-order valence-electron chi connectivity index (χ3n) is 3.99. The molecular weight excluding hydrogens is 152 g/mol. The van der Waals surface area contributed by atoms with Gasteiger partial charge in [-0.1, -0.05) is 6.92 Å². The van der Waals surface area contributed by atoms with Crippen LogP contribution in [0.2, 0.25) is 0 Å². The molecule has 0 aromatic rings. The van der Waals surface area contributed by atoms with Gasteiger partial charge in [-0.2, -0.15) is 11.8 Å². The summed E-state index contributed by atoms with van der Waals surface area (Å²) in [5.74, 6) is 0. The van der Waals surface area contributed by atoms with Crippen LogP contribution >= 0.6 is 11.8 Å². The molecule has 0 saturated heterocycles. The fraction of sp³-hybridized carbons (Fsp3) is 1.00. The van der Waals surface area contributed by atoms with Gasteiger partial charge in [0.1, 0.15) is 0 Å². The van der Waals surface area contributed by atoms with Crippen LogP contribution in [0.25, 0.3) is 0 Å². The number of fused-ring (bicyclic) bond motifs is 3. The Labute approximate surface area is 74.1 Å². The highest BCUT2D eigenvalue weighted by atomic mass is 32.2. The Hall–Kier alpha value is 0.350. The van der Waals surface area contributed by atoms with Gasteiger partial charge in [0.25, 0.3) is 0 Å². The van der Waals surface area contributed by atoms with Crippen molar-refractivity contribution >= 4 is 11.8 Å². The molecule has 1 heteroatoms. The van der Waals surface area contributed by atoms with Gasteiger partial charge in [0.2, 0.25) is 0 Å². The Morgan fingerprint density at radius 3 is 1.73 bits per heavy atom. The lowest BCUT2D eigenvalue weighted by Gasteiger charge is -2.51. The summed E-state index contributed by atoms with van der Waals surface area (Å²) in [5.41, 5.74) is 0.748. The highest BCUT2D eigenvalue weighted by Gasteiger charge is 2.45. The topological polar surface area (TPSA) is 0 Å². The predicted octanol–water partition coefficient (Wildman–Crippen LogP) is 3.46. The monoisotopic (exact) mass is 170 g/mol. The van der Waals surface area contributed by atoms with Crippen molar-refractivity contribution < 1.29 is 0 Å². The standard InChI is InChI=1S/C10H18S/c1-9-3-6-10(11-2,7-4-9)8-5-9/h3-8H2,1-2H3. The molecule has 2 bridgehead atoms. The minimum atomic E-state index is 0.720. The van der Waals surface area contributed by atoms with E-state index < -0.39 is 0 Å². The molecule has 0 heterocycles. The third-order valence-corrected chi connectivity index (χ3v) is 5.46. The van der Waals surface area contributed by atoms with Crippen LogP contribution in [0.5, 0.6) is 0 Å². The van der Waals surface area contributed by atoms with Gasteiger partial charge in [0.05, 0.1) is 0 Å². The van der Waals surface area contributed by atoms with Gasteiger partial charge < -0.3 is 0 Å². The summed E-state index contributed by atoms with van der Waals surface area (Å²) in [5, 5.41) is 0. The molecule has 3 aliphatic rings. The van der Waals surface area contributed by atoms with Gasteiger partial charge in [0.15, 0.2) is 0 Å². The molecule has 11 heavy (non-hydrogen) atoms. The second-order valence-corrected chi connectivity index (χ2v) is 5.97. The second-order valence-electron chi connectivity index (χ2n) is 4.70. The smallest absolute Gasteiger partial charge is 0.0158 e. The summed E-state index contributed by atoms with van der Waals surface area (Å²) in [6.07, 6.45) is 11.3. The van der Waals surface area contributed by atoms with Gasteiger partial charge in [0, 0.05) is 4.75 Å². The lowest BCUT2D eigenvalue weighted by molar-refractivity contribution is 0.103. The van der Waals surface area contributed by atoms with Gasteiger partial charge in [-0.3, -0.25) is 0 Å². The molecule has 3 saturated carbocycles. The molecule has 0 amide bonds. The van der Waals surface area contributed by atoms with E-state index in [2.05, 4.69) is 24.9 Å². The largest absolute Gasteiger partial charge is 0.159 e. The van der Waals surface area contributed by atoms with Gasteiger partial charge in [-0.15, -0.1) is 0 Å². The average Bonchev–Trinajstić information content (AvgIpc) is 2.07. The van der Waals surface area contributed by atoms with E-state index in [1.807, 2.05) is 0 Å². The zero-order chi connectivity index (χ0) is 7.95. The van der Waals surface area contributed by atoms with E-state index in [9.17, 15) is 0 Å². The van der Waals surface area contributed by atoms with Crippen LogP contribution in [0.15, 0.2) is 0 Å². The average molecular weight is 170 g/mol. The molecule has 0 radical (unpaired) electrons. The summed E-state index contributed by atoms with van der Waals surface area (Å²) in [4.78, 5) is 0. The van der Waals surface area contributed by atoms with E-state index in [0.29, 0.717) is 0 Å². The zero-order valence-electron chi connectivity index (χ0n) is 7.65.